The summed E-state index contributed by atoms with van der Waals surface area (Å²) in [5.74, 6) is 1.56. The number of hydrogen-bond donors (Lipinski definition) is 0. The van der Waals surface area contributed by atoms with Crippen molar-refractivity contribution in [3.8, 4) is 51.1 Å². The Morgan fingerprint density at radius 1 is 0.338 bits per heavy atom. The van der Waals surface area contributed by atoms with Crippen LogP contribution in [0.15, 0.2) is 209 Å². The van der Waals surface area contributed by atoms with Crippen molar-refractivity contribution >= 4 is 87.4 Å². The lowest BCUT2D eigenvalue weighted by Crippen LogP contribution is -2.02. The summed E-state index contributed by atoms with van der Waals surface area (Å²) in [6.45, 7) is 0. The normalized spacial score (nSPS) is 12.0. The third kappa shape index (κ3) is 5.49. The summed E-state index contributed by atoms with van der Waals surface area (Å²) in [6, 6.07) is 69.5. The van der Waals surface area contributed by atoms with Gasteiger partial charge in [-0.25, -0.2) is 19.9 Å². The molecule has 65 heavy (non-hydrogen) atoms. The maximum absolute atomic E-state index is 6.41. The van der Waals surface area contributed by atoms with Crippen LogP contribution in [-0.4, -0.2) is 24.5 Å². The average Bonchev–Trinajstić information content (AvgIpc) is 4.04. The van der Waals surface area contributed by atoms with Crippen molar-refractivity contribution in [1.82, 2.24) is 24.5 Å². The molecule has 5 aromatic heterocycles. The molecule has 0 fully saturated rings. The van der Waals surface area contributed by atoms with Crippen molar-refractivity contribution < 1.29 is 8.83 Å². The Hall–Kier alpha value is -8.94. The number of rotatable bonds is 5. The predicted octanol–water partition coefficient (Wildman–Crippen LogP) is 15.1. The first-order chi connectivity index (χ1) is 32.2. The van der Waals surface area contributed by atoms with Crippen LogP contribution in [0.25, 0.3) is 138 Å². The van der Waals surface area contributed by atoms with Crippen molar-refractivity contribution in [2.75, 3.05) is 0 Å². The number of fused-ring (bicyclic) bond motifs is 11. The zero-order chi connectivity index (χ0) is 42.6. The number of aromatic nitrogens is 5. The molecule has 0 aliphatic carbocycles. The van der Waals surface area contributed by atoms with Gasteiger partial charge in [0.15, 0.2) is 23.1 Å². The summed E-state index contributed by atoms with van der Waals surface area (Å²) < 4.78 is 15.0. The van der Waals surface area contributed by atoms with Gasteiger partial charge in [0.2, 0.25) is 0 Å². The second-order valence-electron chi connectivity index (χ2n) is 16.6. The van der Waals surface area contributed by atoms with E-state index in [4.69, 9.17) is 28.8 Å². The first-order valence-corrected chi connectivity index (χ1v) is 21.7. The summed E-state index contributed by atoms with van der Waals surface area (Å²) in [5, 5.41) is 10.1. The molecule has 0 bridgehead atoms. The smallest absolute Gasteiger partial charge is 0.182 e. The van der Waals surface area contributed by atoms with Crippen LogP contribution < -0.4 is 0 Å². The highest BCUT2D eigenvalue weighted by atomic mass is 16.3. The minimum Gasteiger partial charge on any atom is -0.455 e. The van der Waals surface area contributed by atoms with E-state index in [9.17, 15) is 0 Å². The van der Waals surface area contributed by atoms with Crippen LogP contribution in [-0.2, 0) is 0 Å². The molecule has 0 saturated carbocycles. The fourth-order valence-corrected chi connectivity index (χ4v) is 9.83. The Morgan fingerprint density at radius 2 is 0.969 bits per heavy atom. The van der Waals surface area contributed by atoms with Crippen molar-refractivity contribution in [3.05, 3.63) is 200 Å². The van der Waals surface area contributed by atoms with Crippen LogP contribution in [0.5, 0.6) is 0 Å². The summed E-state index contributed by atoms with van der Waals surface area (Å²) in [7, 11) is 0. The second kappa shape index (κ2) is 13.8. The first kappa shape index (κ1) is 35.6. The lowest BCUT2D eigenvalue weighted by molar-refractivity contribution is 0.668. The van der Waals surface area contributed by atoms with Crippen molar-refractivity contribution in [2.45, 2.75) is 0 Å². The van der Waals surface area contributed by atoms with Gasteiger partial charge < -0.3 is 13.4 Å². The van der Waals surface area contributed by atoms with Gasteiger partial charge in [0.05, 0.1) is 16.7 Å². The third-order valence-electron chi connectivity index (χ3n) is 12.9. The molecule has 0 N–H and O–H groups in total. The quantitative estimate of drug-likeness (QED) is 0.172. The van der Waals surface area contributed by atoms with Gasteiger partial charge in [0, 0.05) is 49.0 Å². The highest BCUT2D eigenvalue weighted by Gasteiger charge is 2.20. The molecule has 7 heteroatoms. The van der Waals surface area contributed by atoms with Gasteiger partial charge in [0.25, 0.3) is 0 Å². The number of pyridine rings is 1. The predicted molar refractivity (Wildman–Crippen MR) is 263 cm³/mol. The van der Waals surface area contributed by atoms with Crippen LogP contribution in [0.2, 0.25) is 0 Å². The van der Waals surface area contributed by atoms with Gasteiger partial charge in [-0.3, -0.25) is 0 Å². The fraction of sp³-hybridized carbons (Fsp3) is 0. The standard InChI is InChI=1S/C58H33N5O2/c1-2-13-37-33-50-46(32-36(37)12-1)41-14-3-6-22-48(41)63(50)49-23-11-18-39-40(49)19-10-21-44(39)57-60-56(61-58(62-57)47-30-31-53-54(59-47)45-16-5-8-25-52(45)64-53)35-28-26-34(27-29-35)38-17-9-20-43-42-15-4-7-24-51(42)65-55(38)43/h1-33H. The van der Waals surface area contributed by atoms with E-state index >= 15 is 0 Å². The number of benzene rings is 9. The van der Waals surface area contributed by atoms with E-state index in [0.29, 0.717) is 28.8 Å². The molecule has 14 rings (SSSR count). The Labute approximate surface area is 370 Å². The van der Waals surface area contributed by atoms with E-state index in [0.717, 1.165) is 88.2 Å². The molecule has 0 spiro atoms. The van der Waals surface area contributed by atoms with Crippen LogP contribution in [0.1, 0.15) is 0 Å². The highest BCUT2D eigenvalue weighted by Crippen LogP contribution is 2.40. The monoisotopic (exact) mass is 831 g/mol. The zero-order valence-corrected chi connectivity index (χ0v) is 34.6. The molecule has 0 saturated heterocycles. The third-order valence-corrected chi connectivity index (χ3v) is 12.9. The molecule has 14 aromatic rings. The Morgan fingerprint density at radius 3 is 1.83 bits per heavy atom. The molecule has 0 radical (unpaired) electrons. The maximum Gasteiger partial charge on any atom is 0.182 e. The molecule has 5 heterocycles. The van der Waals surface area contributed by atoms with Crippen LogP contribution in [0.4, 0.5) is 0 Å². The maximum atomic E-state index is 6.41. The summed E-state index contributed by atoms with van der Waals surface area (Å²) >= 11 is 0. The molecule has 302 valence electrons. The lowest BCUT2D eigenvalue weighted by atomic mass is 10.0. The van der Waals surface area contributed by atoms with E-state index in [2.05, 4.69) is 150 Å². The second-order valence-corrected chi connectivity index (χ2v) is 16.6. The Kier molecular flexibility index (Phi) is 7.55. The zero-order valence-electron chi connectivity index (χ0n) is 34.6. The Bertz CT molecular complexity index is 4260. The molecule has 0 atom stereocenters. The van der Waals surface area contributed by atoms with Crippen molar-refractivity contribution in [1.29, 1.82) is 0 Å². The van der Waals surface area contributed by atoms with E-state index < -0.39 is 0 Å². The van der Waals surface area contributed by atoms with Crippen LogP contribution in [0, 0.1) is 0 Å². The summed E-state index contributed by atoms with van der Waals surface area (Å²) in [6.07, 6.45) is 0. The van der Waals surface area contributed by atoms with E-state index in [1.165, 1.54) is 21.5 Å². The molecule has 0 aliphatic rings. The molecular formula is C58H33N5O2. The molecule has 0 amide bonds. The van der Waals surface area contributed by atoms with E-state index in [1.807, 2.05) is 54.6 Å². The average molecular weight is 832 g/mol. The summed E-state index contributed by atoms with van der Waals surface area (Å²) in [4.78, 5) is 20.8. The topological polar surface area (TPSA) is 82.8 Å². The van der Waals surface area contributed by atoms with Gasteiger partial charge in [-0.15, -0.1) is 0 Å². The lowest BCUT2D eigenvalue weighted by Gasteiger charge is -2.14. The SMILES string of the molecule is c1ccc2cc3c(cc2c1)c1ccccc1n3-c1cccc2c(-c3nc(-c4ccc(-c5cccc6c5oc5ccccc56)cc4)nc(-c4ccc5oc6ccccc6c5n4)n3)cccc12. The minimum absolute atomic E-state index is 0.468. The van der Waals surface area contributed by atoms with E-state index in [1.54, 1.807) is 0 Å². The van der Waals surface area contributed by atoms with Crippen molar-refractivity contribution in [3.63, 3.8) is 0 Å². The number of hydrogen-bond acceptors (Lipinski definition) is 6. The molecule has 0 aliphatic heterocycles. The molecule has 9 aromatic carbocycles. The van der Waals surface area contributed by atoms with Gasteiger partial charge in [-0.05, 0) is 76.3 Å². The van der Waals surface area contributed by atoms with Crippen molar-refractivity contribution in [2.24, 2.45) is 0 Å². The number of nitrogens with zero attached hydrogens (tertiary/aromatic N) is 5. The number of furan rings is 2. The first-order valence-electron chi connectivity index (χ1n) is 21.7. The summed E-state index contributed by atoms with van der Waals surface area (Å²) in [5.41, 5.74) is 11.8. The van der Waals surface area contributed by atoms with Gasteiger partial charge in [0.1, 0.15) is 28.0 Å². The van der Waals surface area contributed by atoms with Crippen LogP contribution in [0.3, 0.4) is 0 Å². The minimum atomic E-state index is 0.468. The molecule has 7 nitrogen and oxygen atoms in total. The van der Waals surface area contributed by atoms with Crippen LogP contribution >= 0.6 is 0 Å². The molecule has 0 unspecified atom stereocenters. The van der Waals surface area contributed by atoms with Gasteiger partial charge in [-0.1, -0.05) is 146 Å². The van der Waals surface area contributed by atoms with Gasteiger partial charge in [-0.2, -0.15) is 0 Å². The Balaban J connectivity index is 0.959. The molecular weight excluding hydrogens is 799 g/mol. The van der Waals surface area contributed by atoms with Gasteiger partial charge >= 0.3 is 0 Å². The largest absolute Gasteiger partial charge is 0.455 e. The highest BCUT2D eigenvalue weighted by molar-refractivity contribution is 6.15. The number of para-hydroxylation sites is 4. The fourth-order valence-electron chi connectivity index (χ4n) is 9.83. The van der Waals surface area contributed by atoms with E-state index in [-0.39, 0.29) is 0 Å².